The largest absolute Gasteiger partial charge is 0.478 e. The number of rotatable bonds is 6. The lowest BCUT2D eigenvalue weighted by Crippen LogP contribution is -2.00. The molecule has 0 atom stereocenters. The van der Waals surface area contributed by atoms with Gasteiger partial charge in [0, 0.05) is 16.7 Å². The first-order chi connectivity index (χ1) is 19.9. The number of aromatic amines is 1. The Hall–Kier alpha value is -5.42. The molecule has 6 aromatic rings. The highest BCUT2D eigenvalue weighted by atomic mass is 32.1. The number of carboxylic acids is 1. The van der Waals surface area contributed by atoms with E-state index in [1.807, 2.05) is 12.1 Å². The number of benzene rings is 4. The van der Waals surface area contributed by atoms with Crippen molar-refractivity contribution in [2.24, 2.45) is 0 Å². The lowest BCUT2D eigenvalue weighted by atomic mass is 9.94. The number of methoxy groups -OCH3 is 2. The van der Waals surface area contributed by atoms with E-state index in [1.165, 1.54) is 26.4 Å². The zero-order chi connectivity index (χ0) is 28.7. The third-order valence-corrected chi connectivity index (χ3v) is 7.28. The maximum Gasteiger partial charge on any atom is 0.337 e. The van der Waals surface area contributed by atoms with E-state index < -0.39 is 17.9 Å². The lowest BCUT2D eigenvalue weighted by Gasteiger charge is -2.10. The van der Waals surface area contributed by atoms with Gasteiger partial charge in [-0.25, -0.2) is 19.4 Å². The number of imidazole rings is 1. The van der Waals surface area contributed by atoms with Crippen LogP contribution in [0.25, 0.3) is 55.7 Å². The van der Waals surface area contributed by atoms with E-state index in [0.717, 1.165) is 34.0 Å². The molecule has 0 saturated carbocycles. The number of fused-ring (bicyclic) bond motifs is 2. The van der Waals surface area contributed by atoms with Crippen LogP contribution in [0.15, 0.2) is 72.8 Å². The fourth-order valence-corrected chi connectivity index (χ4v) is 5.29. The molecule has 0 saturated heterocycles. The van der Waals surface area contributed by atoms with Gasteiger partial charge in [0.1, 0.15) is 16.9 Å². The molecule has 6 rings (SSSR count). The quantitative estimate of drug-likeness (QED) is 0.238. The van der Waals surface area contributed by atoms with Crippen molar-refractivity contribution in [1.29, 1.82) is 0 Å². The van der Waals surface area contributed by atoms with E-state index in [0.29, 0.717) is 44.6 Å². The average molecular weight is 565 g/mol. The summed E-state index contributed by atoms with van der Waals surface area (Å²) >= 11 is 1.07. The molecule has 2 N–H and O–H groups in total. The van der Waals surface area contributed by atoms with Crippen LogP contribution >= 0.6 is 11.7 Å². The first-order valence-electron chi connectivity index (χ1n) is 12.3. The van der Waals surface area contributed by atoms with Gasteiger partial charge < -0.3 is 19.6 Å². The highest BCUT2D eigenvalue weighted by Crippen LogP contribution is 2.42. The zero-order valence-electron chi connectivity index (χ0n) is 21.7. The molecule has 2 aromatic heterocycles. The number of hydrogen-bond acceptors (Lipinski definition) is 9. The average Bonchev–Trinajstić information content (AvgIpc) is 3.67. The van der Waals surface area contributed by atoms with Gasteiger partial charge in [0.2, 0.25) is 0 Å². The number of aromatic nitrogens is 4. The van der Waals surface area contributed by atoms with Gasteiger partial charge in [0.05, 0.1) is 53.7 Å². The van der Waals surface area contributed by atoms with Crippen molar-refractivity contribution >= 4 is 51.7 Å². The number of carbonyl (C=O) groups excluding carboxylic acids is 2. The normalized spacial score (nSPS) is 11.1. The second-order valence-corrected chi connectivity index (χ2v) is 9.57. The molecule has 0 radical (unpaired) electrons. The number of nitrogens with zero attached hydrogens (tertiary/aromatic N) is 3. The summed E-state index contributed by atoms with van der Waals surface area (Å²) in [5.74, 6) is -1.39. The number of ether oxygens (including phenoxy) is 2. The van der Waals surface area contributed by atoms with E-state index >= 15 is 0 Å². The molecule has 10 nitrogen and oxygen atoms in total. The van der Waals surface area contributed by atoms with Crippen LogP contribution in [0.5, 0.6) is 0 Å². The van der Waals surface area contributed by atoms with Gasteiger partial charge in [-0.15, -0.1) is 0 Å². The molecule has 4 aromatic carbocycles. The van der Waals surface area contributed by atoms with Crippen molar-refractivity contribution in [3.8, 4) is 33.6 Å². The van der Waals surface area contributed by atoms with Gasteiger partial charge in [-0.05, 0) is 47.5 Å². The molecule has 41 heavy (non-hydrogen) atoms. The third-order valence-electron chi connectivity index (χ3n) is 6.75. The summed E-state index contributed by atoms with van der Waals surface area (Å²) in [4.78, 5) is 43.8. The molecule has 0 spiro atoms. The lowest BCUT2D eigenvalue weighted by molar-refractivity contribution is 0.0592. The monoisotopic (exact) mass is 564 g/mol. The number of esters is 2. The molecule has 0 amide bonds. The minimum Gasteiger partial charge on any atom is -0.478 e. The van der Waals surface area contributed by atoms with Crippen LogP contribution < -0.4 is 0 Å². The molecule has 0 aliphatic heterocycles. The van der Waals surface area contributed by atoms with Crippen LogP contribution in [0.1, 0.15) is 31.1 Å². The Morgan fingerprint density at radius 1 is 0.659 bits per heavy atom. The predicted molar refractivity (Wildman–Crippen MR) is 153 cm³/mol. The minimum atomic E-state index is -1.02. The van der Waals surface area contributed by atoms with E-state index in [9.17, 15) is 19.5 Å². The first kappa shape index (κ1) is 25.8. The van der Waals surface area contributed by atoms with Gasteiger partial charge in [0.25, 0.3) is 0 Å². The standard InChI is InChI=1S/C30H20N4O6S/c1-39-29(37)19-11-3-15(4-12-19)21-23-24(32-27(31-23)17-7-9-18(10-8-17)28(35)36)22(26-25(21)33-41-34-26)16-5-13-20(14-6-16)30(38)40-2/h3-14H,1-2H3,(H,31,32)(H,35,36). The number of H-pyrrole nitrogens is 1. The molecule has 0 bridgehead atoms. The van der Waals surface area contributed by atoms with Crippen LogP contribution in [-0.4, -0.2) is 55.9 Å². The maximum atomic E-state index is 12.0. The van der Waals surface area contributed by atoms with Crippen LogP contribution in [-0.2, 0) is 9.47 Å². The zero-order valence-corrected chi connectivity index (χ0v) is 22.5. The SMILES string of the molecule is COC(=O)c1ccc(-c2c3nsnc3c(-c3ccc(C(=O)OC)cc3)c3[nH]c(-c4ccc(C(=O)O)cc4)nc23)cc1. The Kier molecular flexibility index (Phi) is 6.48. The molecule has 11 heteroatoms. The summed E-state index contributed by atoms with van der Waals surface area (Å²) < 4.78 is 18.9. The van der Waals surface area contributed by atoms with Crippen LogP contribution in [0.2, 0.25) is 0 Å². The summed E-state index contributed by atoms with van der Waals surface area (Å²) in [5, 5.41) is 9.32. The summed E-state index contributed by atoms with van der Waals surface area (Å²) in [7, 11) is 2.66. The Balaban J connectivity index is 1.62. The predicted octanol–water partition coefficient (Wildman–Crippen LogP) is 5.84. The van der Waals surface area contributed by atoms with Gasteiger partial charge in [-0.3, -0.25) is 0 Å². The summed E-state index contributed by atoms with van der Waals surface area (Å²) in [6, 6.07) is 20.4. The molecule has 0 aliphatic carbocycles. The number of hydrogen-bond donors (Lipinski definition) is 2. The minimum absolute atomic E-state index is 0.163. The van der Waals surface area contributed by atoms with Gasteiger partial charge in [0.15, 0.2) is 0 Å². The molecule has 2 heterocycles. The fourth-order valence-electron chi connectivity index (χ4n) is 4.73. The number of carbonyl (C=O) groups is 3. The Morgan fingerprint density at radius 3 is 1.63 bits per heavy atom. The van der Waals surface area contributed by atoms with Crippen molar-refractivity contribution in [1.82, 2.24) is 18.7 Å². The summed E-state index contributed by atoms with van der Waals surface area (Å²) in [6.45, 7) is 0. The summed E-state index contributed by atoms with van der Waals surface area (Å²) in [5.41, 5.74) is 7.24. The van der Waals surface area contributed by atoms with Gasteiger partial charge >= 0.3 is 17.9 Å². The Morgan fingerprint density at radius 2 is 1.12 bits per heavy atom. The highest BCUT2D eigenvalue weighted by molar-refractivity contribution is 7.00. The van der Waals surface area contributed by atoms with Crippen LogP contribution in [0.4, 0.5) is 0 Å². The van der Waals surface area contributed by atoms with Crippen LogP contribution in [0.3, 0.4) is 0 Å². The van der Waals surface area contributed by atoms with Crippen molar-refractivity contribution < 1.29 is 29.0 Å². The fraction of sp³-hybridized carbons (Fsp3) is 0.0667. The first-order valence-corrected chi connectivity index (χ1v) is 13.0. The van der Waals surface area contributed by atoms with Crippen molar-refractivity contribution in [2.75, 3.05) is 14.2 Å². The van der Waals surface area contributed by atoms with Crippen molar-refractivity contribution in [3.63, 3.8) is 0 Å². The topological polar surface area (TPSA) is 144 Å². The highest BCUT2D eigenvalue weighted by Gasteiger charge is 2.24. The van der Waals surface area contributed by atoms with E-state index in [4.69, 9.17) is 14.5 Å². The molecule has 0 fully saturated rings. The van der Waals surface area contributed by atoms with Crippen molar-refractivity contribution in [2.45, 2.75) is 0 Å². The Labute approximate surface area is 236 Å². The molecule has 202 valence electrons. The van der Waals surface area contributed by atoms with Crippen molar-refractivity contribution in [3.05, 3.63) is 89.5 Å². The van der Waals surface area contributed by atoms with E-state index in [2.05, 4.69) is 13.7 Å². The smallest absolute Gasteiger partial charge is 0.337 e. The second kappa shape index (κ2) is 10.3. The maximum absolute atomic E-state index is 12.0. The van der Waals surface area contributed by atoms with E-state index in [-0.39, 0.29) is 5.56 Å². The Bertz CT molecular complexity index is 1850. The number of carboxylic acid groups (broad SMARTS) is 1. The number of nitrogens with one attached hydrogen (secondary N) is 1. The molecule has 0 unspecified atom stereocenters. The molecular weight excluding hydrogens is 544 g/mol. The third kappa shape index (κ3) is 4.47. The summed E-state index contributed by atoms with van der Waals surface area (Å²) in [6.07, 6.45) is 0. The van der Waals surface area contributed by atoms with E-state index in [1.54, 1.807) is 48.5 Å². The van der Waals surface area contributed by atoms with Gasteiger partial charge in [-0.2, -0.15) is 8.75 Å². The molecule has 0 aliphatic rings. The van der Waals surface area contributed by atoms with Crippen LogP contribution in [0, 0.1) is 0 Å². The molecular formula is C30H20N4O6S. The second-order valence-electron chi connectivity index (χ2n) is 9.04. The van der Waals surface area contributed by atoms with Gasteiger partial charge in [-0.1, -0.05) is 36.4 Å². The number of aromatic carboxylic acids is 1.